The zero-order valence-corrected chi connectivity index (χ0v) is 14.0. The van der Waals surface area contributed by atoms with Crippen molar-refractivity contribution in [2.24, 2.45) is 0 Å². The van der Waals surface area contributed by atoms with Crippen molar-refractivity contribution in [1.82, 2.24) is 14.7 Å². The number of H-pyrrole nitrogens is 1. The van der Waals surface area contributed by atoms with Crippen molar-refractivity contribution in [3.63, 3.8) is 0 Å². The van der Waals surface area contributed by atoms with Crippen LogP contribution in [0.5, 0.6) is 0 Å². The van der Waals surface area contributed by atoms with E-state index in [-0.39, 0.29) is 6.42 Å². The highest BCUT2D eigenvalue weighted by Gasteiger charge is 2.22. The van der Waals surface area contributed by atoms with E-state index in [1.54, 1.807) is 0 Å². The van der Waals surface area contributed by atoms with Crippen LogP contribution >= 0.6 is 0 Å². The second-order valence-corrected chi connectivity index (χ2v) is 7.13. The van der Waals surface area contributed by atoms with Crippen LogP contribution in [-0.4, -0.2) is 24.3 Å². The van der Waals surface area contributed by atoms with Crippen LogP contribution in [0.15, 0.2) is 53.8 Å². The number of amides is 1. The Morgan fingerprint density at radius 3 is 2.80 bits per heavy atom. The molecule has 0 spiro atoms. The highest BCUT2D eigenvalue weighted by Crippen LogP contribution is 2.19. The summed E-state index contributed by atoms with van der Waals surface area (Å²) in [6, 6.07) is 10.0. The molecule has 3 aromatic rings. The number of para-hydroxylation sites is 1. The highest BCUT2D eigenvalue weighted by atomic mass is 32.2. The molecule has 0 saturated carbocycles. The van der Waals surface area contributed by atoms with E-state index in [0.717, 1.165) is 28.7 Å². The fourth-order valence-electron chi connectivity index (χ4n) is 2.60. The van der Waals surface area contributed by atoms with Gasteiger partial charge >= 0.3 is 0 Å². The van der Waals surface area contributed by atoms with E-state index in [9.17, 15) is 17.6 Å². The smallest absolute Gasteiger partial charge is 0.284 e. The third-order valence-electron chi connectivity index (χ3n) is 3.75. The number of aryl methyl sites for hydroxylation is 1. The van der Waals surface area contributed by atoms with Crippen molar-refractivity contribution in [3.8, 4) is 0 Å². The molecule has 0 fully saturated rings. The first kappa shape index (κ1) is 17.1. The monoisotopic (exact) mass is 361 g/mol. The predicted molar refractivity (Wildman–Crippen MR) is 90.8 cm³/mol. The zero-order chi connectivity index (χ0) is 17.9. The highest BCUT2D eigenvalue weighted by molar-refractivity contribution is 7.90. The quantitative estimate of drug-likeness (QED) is 0.706. The average molecular weight is 361 g/mol. The Kier molecular flexibility index (Phi) is 4.80. The van der Waals surface area contributed by atoms with Gasteiger partial charge in [0.15, 0.2) is 5.82 Å². The van der Waals surface area contributed by atoms with Gasteiger partial charge in [-0.1, -0.05) is 18.2 Å². The Labute approximate surface area is 144 Å². The molecule has 2 aromatic heterocycles. The molecule has 0 unspecified atom stereocenters. The number of benzene rings is 1. The first-order valence-corrected chi connectivity index (χ1v) is 9.17. The summed E-state index contributed by atoms with van der Waals surface area (Å²) in [6.45, 7) is 0. The van der Waals surface area contributed by atoms with Gasteiger partial charge in [0.05, 0.1) is 0 Å². The largest absolute Gasteiger partial charge is 0.361 e. The minimum atomic E-state index is -4.30. The molecule has 2 heterocycles. The van der Waals surface area contributed by atoms with Gasteiger partial charge in [0.25, 0.3) is 10.0 Å². The van der Waals surface area contributed by atoms with Crippen molar-refractivity contribution in [2.75, 3.05) is 0 Å². The van der Waals surface area contributed by atoms with E-state index in [1.807, 2.05) is 35.2 Å². The number of carbonyl (C=O) groups excluding carboxylic acids is 1. The van der Waals surface area contributed by atoms with E-state index in [1.165, 1.54) is 6.07 Å². The summed E-state index contributed by atoms with van der Waals surface area (Å²) in [7, 11) is -4.30. The van der Waals surface area contributed by atoms with Gasteiger partial charge in [-0.2, -0.15) is 8.42 Å². The molecule has 1 amide bonds. The second-order valence-electron chi connectivity index (χ2n) is 5.53. The Morgan fingerprint density at radius 1 is 1.20 bits per heavy atom. The van der Waals surface area contributed by atoms with Crippen molar-refractivity contribution in [2.45, 2.75) is 24.3 Å². The molecular weight excluding hydrogens is 345 g/mol. The summed E-state index contributed by atoms with van der Waals surface area (Å²) in [5, 5.41) is 0.297. The maximum atomic E-state index is 13.5. The minimum Gasteiger partial charge on any atom is -0.361 e. The lowest BCUT2D eigenvalue weighted by Crippen LogP contribution is -2.31. The molecule has 0 aliphatic heterocycles. The molecule has 0 saturated heterocycles. The molecule has 0 atom stereocenters. The first-order chi connectivity index (χ1) is 12.0. The van der Waals surface area contributed by atoms with Crippen molar-refractivity contribution in [1.29, 1.82) is 0 Å². The van der Waals surface area contributed by atoms with Crippen LogP contribution in [0, 0.1) is 5.82 Å². The average Bonchev–Trinajstić information content (AvgIpc) is 2.98. The molecule has 0 aliphatic rings. The number of aromatic nitrogens is 2. The van der Waals surface area contributed by atoms with Crippen molar-refractivity contribution < 1.29 is 17.6 Å². The van der Waals surface area contributed by atoms with Gasteiger partial charge in [-0.05, 0) is 36.6 Å². The third-order valence-corrected chi connectivity index (χ3v) is 5.06. The van der Waals surface area contributed by atoms with Gasteiger partial charge in [0.2, 0.25) is 10.9 Å². The molecule has 8 heteroatoms. The molecule has 1 aromatic carbocycles. The van der Waals surface area contributed by atoms with Crippen molar-refractivity contribution >= 4 is 26.8 Å². The minimum absolute atomic E-state index is 0.00713. The van der Waals surface area contributed by atoms with Crippen LogP contribution in [0.3, 0.4) is 0 Å². The molecular formula is C17H16FN3O3S. The summed E-state index contributed by atoms with van der Waals surface area (Å²) in [5.41, 5.74) is 2.07. The Hall–Kier alpha value is -2.74. The third kappa shape index (κ3) is 3.85. The number of fused-ring (bicyclic) bond motifs is 1. The number of hydrogen-bond donors (Lipinski definition) is 2. The number of aromatic amines is 1. The summed E-state index contributed by atoms with van der Waals surface area (Å²) < 4.78 is 39.4. The molecule has 6 nitrogen and oxygen atoms in total. The van der Waals surface area contributed by atoms with E-state index in [2.05, 4.69) is 9.97 Å². The van der Waals surface area contributed by atoms with E-state index >= 15 is 0 Å². The molecule has 130 valence electrons. The molecule has 0 aliphatic carbocycles. The van der Waals surface area contributed by atoms with Crippen LogP contribution in [0.1, 0.15) is 18.4 Å². The number of rotatable bonds is 6. The second kappa shape index (κ2) is 7.02. The number of nitrogens with one attached hydrogen (secondary N) is 2. The molecule has 0 bridgehead atoms. The number of halogens is 1. The van der Waals surface area contributed by atoms with Gasteiger partial charge in [0.1, 0.15) is 0 Å². The number of nitrogens with zero attached hydrogens (tertiary/aromatic N) is 1. The predicted octanol–water partition coefficient (Wildman–Crippen LogP) is 2.53. The lowest BCUT2D eigenvalue weighted by molar-refractivity contribution is -0.119. The fourth-order valence-corrected chi connectivity index (χ4v) is 3.62. The Balaban J connectivity index is 1.59. The molecule has 2 N–H and O–H groups in total. The molecule has 25 heavy (non-hydrogen) atoms. The number of sulfonamides is 1. The lowest BCUT2D eigenvalue weighted by atomic mass is 10.1. The van der Waals surface area contributed by atoms with E-state index in [0.29, 0.717) is 12.8 Å². The fraction of sp³-hybridized carbons (Fsp3) is 0.176. The normalized spacial score (nSPS) is 11.6. The van der Waals surface area contributed by atoms with Crippen LogP contribution < -0.4 is 4.72 Å². The van der Waals surface area contributed by atoms with Gasteiger partial charge < -0.3 is 4.98 Å². The Morgan fingerprint density at radius 2 is 2.00 bits per heavy atom. The van der Waals surface area contributed by atoms with Crippen LogP contribution in [0.2, 0.25) is 0 Å². The summed E-state index contributed by atoms with van der Waals surface area (Å²) in [6.07, 6.45) is 4.12. The Bertz CT molecular complexity index is 1010. The number of pyridine rings is 1. The topological polar surface area (TPSA) is 91.9 Å². The molecule has 0 radical (unpaired) electrons. The van der Waals surface area contributed by atoms with Crippen LogP contribution in [-0.2, 0) is 21.2 Å². The molecule has 3 rings (SSSR count). The van der Waals surface area contributed by atoms with Crippen molar-refractivity contribution in [3.05, 3.63) is 60.2 Å². The van der Waals surface area contributed by atoms with E-state index in [4.69, 9.17) is 0 Å². The standard InChI is InChI=1S/C17H16FN3O3S/c18-14-7-4-10-19-17(14)25(23,24)21-16(22)9-3-5-12-11-20-15-8-2-1-6-13(12)15/h1-2,4,6-8,10-11,20H,3,5,9H2,(H,21,22). The van der Waals surface area contributed by atoms with E-state index < -0.39 is 26.8 Å². The van der Waals surface area contributed by atoms with Gasteiger partial charge in [-0.15, -0.1) is 0 Å². The summed E-state index contributed by atoms with van der Waals surface area (Å²) >= 11 is 0. The zero-order valence-electron chi connectivity index (χ0n) is 13.2. The van der Waals surface area contributed by atoms with Gasteiger partial charge in [0, 0.05) is 29.7 Å². The maximum absolute atomic E-state index is 13.5. The maximum Gasteiger partial charge on any atom is 0.284 e. The SMILES string of the molecule is O=C(CCCc1c[nH]c2ccccc12)NS(=O)(=O)c1ncccc1F. The number of carbonyl (C=O) groups is 1. The summed E-state index contributed by atoms with van der Waals surface area (Å²) in [5.74, 6) is -1.69. The lowest BCUT2D eigenvalue weighted by Gasteiger charge is -2.06. The number of hydrogen-bond acceptors (Lipinski definition) is 4. The van der Waals surface area contributed by atoms with Gasteiger partial charge in [-0.3, -0.25) is 4.79 Å². The van der Waals surface area contributed by atoms with Crippen LogP contribution in [0.25, 0.3) is 10.9 Å². The first-order valence-electron chi connectivity index (χ1n) is 7.68. The summed E-state index contributed by atoms with van der Waals surface area (Å²) in [4.78, 5) is 18.5. The van der Waals surface area contributed by atoms with Gasteiger partial charge in [-0.25, -0.2) is 14.1 Å². The van der Waals surface area contributed by atoms with Crippen LogP contribution in [0.4, 0.5) is 4.39 Å².